The number of ether oxygens (including phenoxy) is 1. The molecule has 19 heavy (non-hydrogen) atoms. The van der Waals surface area contributed by atoms with Crippen molar-refractivity contribution >= 4 is 17.2 Å². The van der Waals surface area contributed by atoms with Crippen molar-refractivity contribution in [2.24, 2.45) is 11.1 Å². The Morgan fingerprint density at radius 3 is 2.89 bits per heavy atom. The Balaban J connectivity index is 2.21. The molecule has 0 bridgehead atoms. The third-order valence-corrected chi connectivity index (χ3v) is 3.62. The van der Waals surface area contributed by atoms with Crippen LogP contribution in [0.3, 0.4) is 0 Å². The minimum Gasteiger partial charge on any atom is -0.494 e. The summed E-state index contributed by atoms with van der Waals surface area (Å²) in [6.45, 7) is 3.29. The molecule has 0 amide bonds. The van der Waals surface area contributed by atoms with E-state index < -0.39 is 0 Å². The second-order valence-corrected chi connectivity index (χ2v) is 4.84. The number of hydrogen-bond donors (Lipinski definition) is 0. The molecular weight excluding hydrogens is 244 g/mol. The molecular formula is C14H18N2O3. The number of benzene rings is 1. The molecule has 1 fully saturated rings. The maximum atomic E-state index is 11.5. The number of rotatable bonds is 4. The van der Waals surface area contributed by atoms with E-state index in [1.165, 1.54) is 7.11 Å². The minimum atomic E-state index is 0.101. The van der Waals surface area contributed by atoms with E-state index in [9.17, 15) is 9.70 Å². The van der Waals surface area contributed by atoms with Gasteiger partial charge < -0.3 is 9.64 Å². The molecule has 5 heteroatoms. The average Bonchev–Trinajstić information content (AvgIpc) is 2.46. The fourth-order valence-corrected chi connectivity index (χ4v) is 2.48. The Morgan fingerprint density at radius 1 is 1.47 bits per heavy atom. The van der Waals surface area contributed by atoms with E-state index in [1.54, 1.807) is 19.1 Å². The lowest BCUT2D eigenvalue weighted by molar-refractivity contribution is -0.120. The smallest absolute Gasteiger partial charge is 0.150 e. The quantitative estimate of drug-likeness (QED) is 0.783. The summed E-state index contributed by atoms with van der Waals surface area (Å²) in [4.78, 5) is 24.3. The van der Waals surface area contributed by atoms with Crippen LogP contribution in [0.4, 0.5) is 11.4 Å². The van der Waals surface area contributed by atoms with E-state index in [0.717, 1.165) is 31.6 Å². The minimum absolute atomic E-state index is 0.101. The van der Waals surface area contributed by atoms with Crippen molar-refractivity contribution in [2.75, 3.05) is 25.1 Å². The van der Waals surface area contributed by atoms with Crippen molar-refractivity contribution in [1.29, 1.82) is 0 Å². The molecule has 1 heterocycles. The first-order valence-corrected chi connectivity index (χ1v) is 6.42. The van der Waals surface area contributed by atoms with Gasteiger partial charge >= 0.3 is 0 Å². The topological polar surface area (TPSA) is 59.0 Å². The van der Waals surface area contributed by atoms with Crippen LogP contribution in [0.1, 0.15) is 19.8 Å². The molecule has 1 aromatic carbocycles. The highest BCUT2D eigenvalue weighted by Gasteiger charge is 2.23. The summed E-state index contributed by atoms with van der Waals surface area (Å²) in [5.74, 6) is 0.809. The van der Waals surface area contributed by atoms with Gasteiger partial charge in [-0.1, -0.05) is 0 Å². The second kappa shape index (κ2) is 5.82. The lowest BCUT2D eigenvalue weighted by Crippen LogP contribution is -2.38. The SMILES string of the molecule is COc1cc(N2CCC[C@H](C(C)=O)C2)ccc1N=O. The zero-order valence-corrected chi connectivity index (χ0v) is 11.3. The number of hydrogen-bond acceptors (Lipinski definition) is 5. The molecule has 0 N–H and O–H groups in total. The summed E-state index contributed by atoms with van der Waals surface area (Å²) in [6, 6.07) is 5.31. The number of Topliss-reactive ketones (excluding diaryl/α,β-unsaturated/α-hetero) is 1. The maximum absolute atomic E-state index is 11.5. The summed E-state index contributed by atoms with van der Waals surface area (Å²) in [6.07, 6.45) is 1.96. The van der Waals surface area contributed by atoms with Crippen LogP contribution in [0, 0.1) is 10.8 Å². The Morgan fingerprint density at radius 2 is 2.26 bits per heavy atom. The number of ketones is 1. The normalized spacial score (nSPS) is 19.1. The number of piperidine rings is 1. The predicted octanol–water partition coefficient (Wildman–Crippen LogP) is 2.90. The van der Waals surface area contributed by atoms with E-state index >= 15 is 0 Å². The molecule has 0 saturated carbocycles. The van der Waals surface area contributed by atoms with Gasteiger partial charge in [0.1, 0.15) is 17.2 Å². The first-order valence-electron chi connectivity index (χ1n) is 6.42. The number of carbonyl (C=O) groups excluding carboxylic acids is 1. The fraction of sp³-hybridized carbons (Fsp3) is 0.500. The molecule has 2 rings (SSSR count). The van der Waals surface area contributed by atoms with Crippen molar-refractivity contribution in [3.05, 3.63) is 23.1 Å². The summed E-state index contributed by atoms with van der Waals surface area (Å²) in [7, 11) is 1.52. The van der Waals surface area contributed by atoms with Crippen molar-refractivity contribution in [3.8, 4) is 5.75 Å². The van der Waals surface area contributed by atoms with Gasteiger partial charge in [0.05, 0.1) is 7.11 Å². The fourth-order valence-electron chi connectivity index (χ4n) is 2.48. The maximum Gasteiger partial charge on any atom is 0.150 e. The van der Waals surface area contributed by atoms with Crippen LogP contribution in [0.25, 0.3) is 0 Å². The predicted molar refractivity (Wildman–Crippen MR) is 74.1 cm³/mol. The third-order valence-electron chi connectivity index (χ3n) is 3.62. The molecule has 0 spiro atoms. The number of carbonyl (C=O) groups is 1. The van der Waals surface area contributed by atoms with Gasteiger partial charge in [-0.15, -0.1) is 4.91 Å². The van der Waals surface area contributed by atoms with Crippen LogP contribution in [0.5, 0.6) is 5.75 Å². The molecule has 0 aliphatic carbocycles. The van der Waals surface area contributed by atoms with Gasteiger partial charge in [-0.05, 0) is 37.1 Å². The summed E-state index contributed by atoms with van der Waals surface area (Å²) in [5, 5.41) is 2.92. The number of methoxy groups -OCH3 is 1. The van der Waals surface area contributed by atoms with Crippen LogP contribution >= 0.6 is 0 Å². The standard InChI is InChI=1S/C14H18N2O3/c1-10(17)11-4-3-7-16(9-11)12-5-6-13(15-18)14(8-12)19-2/h5-6,8,11H,3-4,7,9H2,1-2H3/t11-/m0/s1. The zero-order valence-electron chi connectivity index (χ0n) is 11.3. The van der Waals surface area contributed by atoms with Crippen molar-refractivity contribution in [2.45, 2.75) is 19.8 Å². The molecule has 1 aromatic rings. The van der Waals surface area contributed by atoms with Gasteiger partial charge in [0, 0.05) is 30.8 Å². The lowest BCUT2D eigenvalue weighted by Gasteiger charge is -2.33. The summed E-state index contributed by atoms with van der Waals surface area (Å²) < 4.78 is 5.15. The second-order valence-electron chi connectivity index (χ2n) is 4.84. The summed E-state index contributed by atoms with van der Waals surface area (Å²) in [5.41, 5.74) is 1.27. The molecule has 5 nitrogen and oxygen atoms in total. The van der Waals surface area contributed by atoms with Gasteiger partial charge in [0.2, 0.25) is 0 Å². The molecule has 0 radical (unpaired) electrons. The molecule has 1 atom stereocenters. The third kappa shape index (κ3) is 2.92. The van der Waals surface area contributed by atoms with Crippen LogP contribution in [0.15, 0.2) is 23.4 Å². The molecule has 102 valence electrons. The van der Waals surface area contributed by atoms with Gasteiger partial charge in [-0.25, -0.2) is 0 Å². The largest absolute Gasteiger partial charge is 0.494 e. The molecule has 0 aromatic heterocycles. The summed E-state index contributed by atoms with van der Waals surface area (Å²) >= 11 is 0. The Labute approximate surface area is 112 Å². The van der Waals surface area contributed by atoms with Gasteiger partial charge in [0.25, 0.3) is 0 Å². The first kappa shape index (κ1) is 13.5. The highest BCUT2D eigenvalue weighted by molar-refractivity contribution is 5.79. The van der Waals surface area contributed by atoms with Gasteiger partial charge in [-0.2, -0.15) is 0 Å². The molecule has 0 unspecified atom stereocenters. The van der Waals surface area contributed by atoms with Crippen molar-refractivity contribution < 1.29 is 9.53 Å². The number of anilines is 1. The monoisotopic (exact) mass is 262 g/mol. The lowest BCUT2D eigenvalue weighted by atomic mass is 9.94. The Hall–Kier alpha value is -1.91. The van der Waals surface area contributed by atoms with Gasteiger partial charge in [-0.3, -0.25) is 4.79 Å². The number of nitrogens with zero attached hydrogens (tertiary/aromatic N) is 2. The molecule has 1 aliphatic heterocycles. The van der Waals surface area contributed by atoms with E-state index in [1.807, 2.05) is 6.07 Å². The first-order chi connectivity index (χ1) is 9.15. The Kier molecular flexibility index (Phi) is 4.14. The van der Waals surface area contributed by atoms with E-state index in [-0.39, 0.29) is 11.7 Å². The van der Waals surface area contributed by atoms with Crippen molar-refractivity contribution in [1.82, 2.24) is 0 Å². The van der Waals surface area contributed by atoms with Crippen molar-refractivity contribution in [3.63, 3.8) is 0 Å². The van der Waals surface area contributed by atoms with E-state index in [4.69, 9.17) is 4.74 Å². The van der Waals surface area contributed by atoms with E-state index in [0.29, 0.717) is 11.4 Å². The zero-order chi connectivity index (χ0) is 13.8. The molecule has 1 saturated heterocycles. The average molecular weight is 262 g/mol. The number of nitroso groups, excluding NO2 is 1. The van der Waals surface area contributed by atoms with Crippen LogP contribution in [-0.2, 0) is 4.79 Å². The van der Waals surface area contributed by atoms with Crippen LogP contribution in [-0.4, -0.2) is 26.0 Å². The van der Waals surface area contributed by atoms with Crippen LogP contribution in [0.2, 0.25) is 0 Å². The highest BCUT2D eigenvalue weighted by atomic mass is 16.5. The van der Waals surface area contributed by atoms with Gasteiger partial charge in [0.15, 0.2) is 0 Å². The van der Waals surface area contributed by atoms with Crippen LogP contribution < -0.4 is 9.64 Å². The molecule has 1 aliphatic rings. The highest BCUT2D eigenvalue weighted by Crippen LogP contribution is 2.33. The Bertz CT molecular complexity index is 488. The van der Waals surface area contributed by atoms with E-state index in [2.05, 4.69) is 10.1 Å².